The summed E-state index contributed by atoms with van der Waals surface area (Å²) in [5, 5.41) is 3.23. The molecule has 0 radical (unpaired) electrons. The lowest BCUT2D eigenvalue weighted by Crippen LogP contribution is -2.15. The lowest BCUT2D eigenvalue weighted by Gasteiger charge is -2.04. The van der Waals surface area contributed by atoms with Crippen LogP contribution in [0.15, 0.2) is 28.7 Å². The third kappa shape index (κ3) is 4.87. The van der Waals surface area contributed by atoms with E-state index in [0.717, 1.165) is 17.6 Å². The second-order valence-corrected chi connectivity index (χ2v) is 3.69. The van der Waals surface area contributed by atoms with Crippen LogP contribution >= 0.6 is 39.9 Å². The third-order valence-corrected chi connectivity index (χ3v) is 2.51. The molecule has 0 bridgehead atoms. The number of benzene rings is 1. The Morgan fingerprint density at radius 3 is 2.62 bits per heavy atom. The van der Waals surface area contributed by atoms with Crippen LogP contribution in [0.5, 0.6) is 0 Å². The van der Waals surface area contributed by atoms with Gasteiger partial charge in [-0.2, -0.15) is 0 Å². The highest BCUT2D eigenvalue weighted by molar-refractivity contribution is 9.10. The van der Waals surface area contributed by atoms with Crippen LogP contribution in [0, 0.1) is 0 Å². The van der Waals surface area contributed by atoms with Crippen molar-refractivity contribution in [2.45, 2.75) is 6.54 Å². The van der Waals surface area contributed by atoms with Crippen molar-refractivity contribution in [1.82, 2.24) is 5.32 Å². The molecule has 13 heavy (non-hydrogen) atoms. The Hall–Kier alpha value is 0.240. The molecule has 1 aromatic rings. The summed E-state index contributed by atoms with van der Waals surface area (Å²) in [4.78, 5) is 0. The molecule has 0 aliphatic heterocycles. The molecular formula is C9H12BrCl2N. The number of rotatable bonds is 4. The van der Waals surface area contributed by atoms with E-state index in [4.69, 9.17) is 11.6 Å². The van der Waals surface area contributed by atoms with Crippen molar-refractivity contribution in [3.8, 4) is 0 Å². The van der Waals surface area contributed by atoms with E-state index in [1.807, 2.05) is 18.2 Å². The second-order valence-electron chi connectivity index (χ2n) is 2.46. The normalized spacial score (nSPS) is 9.38. The highest BCUT2D eigenvalue weighted by atomic mass is 79.9. The second kappa shape index (κ2) is 7.63. The van der Waals surface area contributed by atoms with E-state index in [1.165, 1.54) is 5.56 Å². The maximum absolute atomic E-state index is 5.53. The Morgan fingerprint density at radius 1 is 1.31 bits per heavy atom. The van der Waals surface area contributed by atoms with Gasteiger partial charge in [0.2, 0.25) is 0 Å². The molecule has 0 fully saturated rings. The fourth-order valence-electron chi connectivity index (χ4n) is 0.932. The van der Waals surface area contributed by atoms with Crippen LogP contribution in [0.2, 0.25) is 0 Å². The van der Waals surface area contributed by atoms with Crippen molar-refractivity contribution < 1.29 is 0 Å². The van der Waals surface area contributed by atoms with Crippen molar-refractivity contribution in [3.05, 3.63) is 34.3 Å². The SMILES string of the molecule is Cl.ClCCNCc1ccccc1Br. The Labute approximate surface area is 98.4 Å². The summed E-state index contributed by atoms with van der Waals surface area (Å²) in [5.41, 5.74) is 1.27. The van der Waals surface area contributed by atoms with E-state index in [1.54, 1.807) is 0 Å². The number of halogens is 3. The van der Waals surface area contributed by atoms with Crippen LogP contribution in [0.3, 0.4) is 0 Å². The van der Waals surface area contributed by atoms with Crippen LogP contribution in [-0.4, -0.2) is 12.4 Å². The van der Waals surface area contributed by atoms with E-state index in [0.29, 0.717) is 5.88 Å². The summed E-state index contributed by atoms with van der Waals surface area (Å²) < 4.78 is 1.15. The largest absolute Gasteiger partial charge is 0.311 e. The van der Waals surface area contributed by atoms with Crippen molar-refractivity contribution in [2.75, 3.05) is 12.4 Å². The average Bonchev–Trinajstić information content (AvgIpc) is 2.09. The Morgan fingerprint density at radius 2 is 2.00 bits per heavy atom. The summed E-state index contributed by atoms with van der Waals surface area (Å²) in [6.07, 6.45) is 0. The Bertz CT molecular complexity index is 243. The van der Waals surface area contributed by atoms with Gasteiger partial charge >= 0.3 is 0 Å². The summed E-state index contributed by atoms with van der Waals surface area (Å²) in [6, 6.07) is 8.17. The molecular weight excluding hydrogens is 273 g/mol. The lowest BCUT2D eigenvalue weighted by atomic mass is 10.2. The van der Waals surface area contributed by atoms with E-state index >= 15 is 0 Å². The van der Waals surface area contributed by atoms with E-state index in [-0.39, 0.29) is 12.4 Å². The molecule has 0 saturated carbocycles. The number of hydrogen-bond donors (Lipinski definition) is 1. The zero-order chi connectivity index (χ0) is 8.81. The van der Waals surface area contributed by atoms with Gasteiger partial charge < -0.3 is 5.32 Å². The number of hydrogen-bond acceptors (Lipinski definition) is 1. The number of alkyl halides is 1. The molecule has 1 nitrogen and oxygen atoms in total. The van der Waals surface area contributed by atoms with Crippen molar-refractivity contribution in [3.63, 3.8) is 0 Å². The molecule has 0 spiro atoms. The molecule has 0 aromatic heterocycles. The van der Waals surface area contributed by atoms with Crippen LogP contribution in [0.4, 0.5) is 0 Å². The first-order valence-electron chi connectivity index (χ1n) is 3.84. The highest BCUT2D eigenvalue weighted by Gasteiger charge is 1.95. The molecule has 4 heteroatoms. The zero-order valence-corrected chi connectivity index (χ0v) is 10.3. The maximum atomic E-state index is 5.53. The molecule has 0 atom stereocenters. The first-order chi connectivity index (χ1) is 5.84. The van der Waals surface area contributed by atoms with Gasteiger partial charge in [-0.25, -0.2) is 0 Å². The predicted octanol–water partition coefficient (Wildman–Crippen LogP) is 3.20. The van der Waals surface area contributed by atoms with Crippen LogP contribution in [-0.2, 0) is 6.54 Å². The van der Waals surface area contributed by atoms with Gasteiger partial charge in [0.25, 0.3) is 0 Å². The molecule has 0 amide bonds. The monoisotopic (exact) mass is 283 g/mol. The van der Waals surface area contributed by atoms with Crippen LogP contribution in [0.1, 0.15) is 5.56 Å². The first-order valence-corrected chi connectivity index (χ1v) is 5.17. The Balaban J connectivity index is 0.00000144. The Kier molecular flexibility index (Phi) is 7.77. The summed E-state index contributed by atoms with van der Waals surface area (Å²) in [5.74, 6) is 0.657. The van der Waals surface area contributed by atoms with E-state index in [9.17, 15) is 0 Å². The standard InChI is InChI=1S/C9H11BrClN.ClH/c10-9-4-2-1-3-8(9)7-12-6-5-11;/h1-4,12H,5-7H2;1H. The summed E-state index contributed by atoms with van der Waals surface area (Å²) in [7, 11) is 0. The molecule has 1 aromatic carbocycles. The van der Waals surface area contributed by atoms with Gasteiger partial charge in [-0.3, -0.25) is 0 Å². The molecule has 0 aliphatic carbocycles. The van der Waals surface area contributed by atoms with Crippen LogP contribution < -0.4 is 5.32 Å². The third-order valence-electron chi connectivity index (χ3n) is 1.54. The van der Waals surface area contributed by atoms with Gasteiger partial charge in [-0.05, 0) is 11.6 Å². The lowest BCUT2D eigenvalue weighted by molar-refractivity contribution is 0.728. The first kappa shape index (κ1) is 13.2. The van der Waals surface area contributed by atoms with Gasteiger partial charge in [0.1, 0.15) is 0 Å². The molecule has 74 valence electrons. The van der Waals surface area contributed by atoms with E-state index in [2.05, 4.69) is 27.3 Å². The molecule has 0 aliphatic rings. The zero-order valence-electron chi connectivity index (χ0n) is 7.09. The summed E-state index contributed by atoms with van der Waals surface area (Å²) >= 11 is 9.01. The fourth-order valence-corrected chi connectivity index (χ4v) is 1.49. The predicted molar refractivity (Wildman–Crippen MR) is 63.8 cm³/mol. The smallest absolute Gasteiger partial charge is 0.0348 e. The maximum Gasteiger partial charge on any atom is 0.0348 e. The van der Waals surface area contributed by atoms with Crippen molar-refractivity contribution in [2.24, 2.45) is 0 Å². The minimum Gasteiger partial charge on any atom is -0.311 e. The van der Waals surface area contributed by atoms with Gasteiger partial charge in [0, 0.05) is 23.4 Å². The highest BCUT2D eigenvalue weighted by Crippen LogP contribution is 2.14. The summed E-state index contributed by atoms with van der Waals surface area (Å²) in [6.45, 7) is 1.72. The van der Waals surface area contributed by atoms with Gasteiger partial charge in [0.05, 0.1) is 0 Å². The topological polar surface area (TPSA) is 12.0 Å². The fraction of sp³-hybridized carbons (Fsp3) is 0.333. The molecule has 1 N–H and O–H groups in total. The minimum absolute atomic E-state index is 0. The minimum atomic E-state index is 0. The van der Waals surface area contributed by atoms with Gasteiger partial charge in [0.15, 0.2) is 0 Å². The van der Waals surface area contributed by atoms with Crippen molar-refractivity contribution >= 4 is 39.9 Å². The van der Waals surface area contributed by atoms with Crippen molar-refractivity contribution in [1.29, 1.82) is 0 Å². The van der Waals surface area contributed by atoms with Gasteiger partial charge in [-0.15, -0.1) is 24.0 Å². The number of nitrogens with one attached hydrogen (secondary N) is 1. The molecule has 0 saturated heterocycles. The average molecular weight is 285 g/mol. The van der Waals surface area contributed by atoms with Crippen LogP contribution in [0.25, 0.3) is 0 Å². The van der Waals surface area contributed by atoms with E-state index < -0.39 is 0 Å². The molecule has 0 unspecified atom stereocenters. The quantitative estimate of drug-likeness (QED) is 0.661. The molecule has 1 rings (SSSR count). The van der Waals surface area contributed by atoms with Gasteiger partial charge in [-0.1, -0.05) is 34.1 Å². The molecule has 0 heterocycles.